The minimum absolute atomic E-state index is 0. The third-order valence-corrected chi connectivity index (χ3v) is 2.56. The van der Waals surface area contributed by atoms with Gasteiger partial charge in [-0.1, -0.05) is 0 Å². The van der Waals surface area contributed by atoms with Crippen LogP contribution in [-0.2, 0) is 6.54 Å². The van der Waals surface area contributed by atoms with Crippen molar-refractivity contribution >= 4 is 12.5 Å². The quantitative estimate of drug-likeness (QED) is 0.664. The third kappa shape index (κ3) is 3.60. The van der Waals surface area contributed by atoms with E-state index in [1.165, 1.54) is 23.0 Å². The molecule has 0 N–H and O–H groups in total. The van der Waals surface area contributed by atoms with Crippen LogP contribution in [0.5, 0.6) is 0 Å². The molecule has 0 aliphatic carbocycles. The van der Waals surface area contributed by atoms with Crippen molar-refractivity contribution < 1.29 is 64.3 Å². The molecule has 0 unspecified atom stereocenters. The van der Waals surface area contributed by atoms with Crippen LogP contribution in [0.1, 0.15) is 5.69 Å². The minimum atomic E-state index is -5.13. The Balaban J connectivity index is 0.00000180. The Bertz CT molecular complexity index is 677. The minimum Gasteiger partial charge on any atom is -0.445 e. The van der Waals surface area contributed by atoms with Gasteiger partial charge in [0.05, 0.1) is 5.69 Å². The van der Waals surface area contributed by atoms with Crippen LogP contribution < -0.4 is 56.9 Å². The molecule has 0 radical (unpaired) electrons. The molecule has 2 rings (SSSR count). The zero-order valence-corrected chi connectivity index (χ0v) is 13.7. The third-order valence-electron chi connectivity index (χ3n) is 2.56. The number of hydrogen-bond acceptors (Lipinski definition) is 2. The first-order valence-electron chi connectivity index (χ1n) is 5.22. The number of hydrogen-bond donors (Lipinski definition) is 0. The summed E-state index contributed by atoms with van der Waals surface area (Å²) in [5, 5.41) is 4.01. The molecule has 2 aromatic heterocycles. The van der Waals surface area contributed by atoms with Crippen molar-refractivity contribution in [3.63, 3.8) is 0 Å². The van der Waals surface area contributed by atoms with Crippen molar-refractivity contribution in [2.45, 2.75) is 13.5 Å². The van der Waals surface area contributed by atoms with E-state index in [0.717, 1.165) is 4.57 Å². The van der Waals surface area contributed by atoms with Crippen LogP contribution in [0.25, 0.3) is 5.52 Å². The first-order chi connectivity index (χ1) is 8.29. The molecule has 0 aromatic carbocycles. The fourth-order valence-electron chi connectivity index (χ4n) is 1.60. The van der Waals surface area contributed by atoms with Crippen LogP contribution in [-0.4, -0.2) is 21.2 Å². The molecule has 9 heteroatoms. The number of aryl methyl sites for hydroxylation is 1. The summed E-state index contributed by atoms with van der Waals surface area (Å²) >= 11 is 0. The summed E-state index contributed by atoms with van der Waals surface area (Å²) in [6.45, 7) is -1.01. The van der Waals surface area contributed by atoms with Gasteiger partial charge in [0.15, 0.2) is 0 Å². The molecule has 0 fully saturated rings. The standard InChI is InChI=1S/C10H10BF3N3O.K/c1-7(11(12,13)14)6-16-3-4-17-9(10(16)18)5-8(2)15-17;/h3-5H,1,6H2,2H3;/q-1;+1. The van der Waals surface area contributed by atoms with Gasteiger partial charge in [0, 0.05) is 18.9 Å². The first kappa shape index (κ1) is 16.7. The van der Waals surface area contributed by atoms with Crippen molar-refractivity contribution in [1.29, 1.82) is 0 Å². The van der Waals surface area contributed by atoms with Crippen molar-refractivity contribution in [3.05, 3.63) is 46.6 Å². The maximum Gasteiger partial charge on any atom is 1.00 e. The molecule has 0 bridgehead atoms. The number of nitrogens with zero attached hydrogens (tertiary/aromatic N) is 3. The number of fused-ring (bicyclic) bond motifs is 1. The van der Waals surface area contributed by atoms with Gasteiger partial charge in [-0.15, -0.1) is 12.1 Å². The van der Waals surface area contributed by atoms with Crippen LogP contribution in [0.4, 0.5) is 12.9 Å². The molecule has 0 saturated heterocycles. The fourth-order valence-corrected chi connectivity index (χ4v) is 1.60. The Morgan fingerprint density at radius 3 is 2.63 bits per heavy atom. The Morgan fingerprint density at radius 2 is 2.05 bits per heavy atom. The van der Waals surface area contributed by atoms with Crippen molar-refractivity contribution in [3.8, 4) is 0 Å². The van der Waals surface area contributed by atoms with E-state index in [0.29, 0.717) is 5.69 Å². The second kappa shape index (κ2) is 5.96. The van der Waals surface area contributed by atoms with Gasteiger partial charge >= 0.3 is 58.4 Å². The average molecular weight is 295 g/mol. The molecule has 0 spiro atoms. The Morgan fingerprint density at radius 1 is 1.42 bits per heavy atom. The molecule has 2 heterocycles. The van der Waals surface area contributed by atoms with E-state index in [4.69, 9.17) is 0 Å². The molecule has 0 amide bonds. The Labute approximate surface area is 149 Å². The van der Waals surface area contributed by atoms with E-state index in [9.17, 15) is 17.7 Å². The number of aromatic nitrogens is 3. The summed E-state index contributed by atoms with van der Waals surface area (Å²) in [7, 11) is 0. The average Bonchev–Trinajstić information content (AvgIpc) is 2.62. The summed E-state index contributed by atoms with van der Waals surface area (Å²) in [4.78, 5) is 11.9. The summed E-state index contributed by atoms with van der Waals surface area (Å²) in [6, 6.07) is 1.53. The molecule has 4 nitrogen and oxygen atoms in total. The Hall–Kier alpha value is -0.349. The summed E-state index contributed by atoms with van der Waals surface area (Å²) < 4.78 is 39.6. The van der Waals surface area contributed by atoms with Crippen molar-refractivity contribution in [2.75, 3.05) is 0 Å². The van der Waals surface area contributed by atoms with Gasteiger partial charge in [0.25, 0.3) is 5.56 Å². The van der Waals surface area contributed by atoms with E-state index in [-0.39, 0.29) is 56.9 Å². The molecule has 2 aromatic rings. The smallest absolute Gasteiger partial charge is 0.445 e. The predicted octanol–water partition coefficient (Wildman–Crippen LogP) is -1.25. The zero-order valence-electron chi connectivity index (χ0n) is 10.6. The molecule has 0 aliphatic heterocycles. The van der Waals surface area contributed by atoms with Gasteiger partial charge in [-0.05, 0) is 13.0 Å². The Kier molecular flexibility index (Phi) is 5.24. The molecule has 0 aliphatic rings. The van der Waals surface area contributed by atoms with Crippen LogP contribution in [0, 0.1) is 6.92 Å². The SMILES string of the molecule is C=C(Cn1ccn2nc(C)cc2c1=O)[B-](F)(F)F.[K+]. The molecular formula is C10H10BF3KN3O. The van der Waals surface area contributed by atoms with Crippen molar-refractivity contribution in [1.82, 2.24) is 14.2 Å². The van der Waals surface area contributed by atoms with E-state index in [1.54, 1.807) is 6.92 Å². The normalized spacial score (nSPS) is 11.4. The number of allylic oxidation sites excluding steroid dienone is 1. The second-order valence-corrected chi connectivity index (χ2v) is 4.08. The van der Waals surface area contributed by atoms with Gasteiger partial charge in [-0.25, -0.2) is 4.52 Å². The zero-order chi connectivity index (χ0) is 13.5. The maximum atomic E-state index is 12.4. The van der Waals surface area contributed by atoms with E-state index >= 15 is 0 Å². The maximum absolute atomic E-state index is 12.4. The van der Waals surface area contributed by atoms with Gasteiger partial charge in [0.1, 0.15) is 5.52 Å². The number of rotatable bonds is 3. The van der Waals surface area contributed by atoms with E-state index in [2.05, 4.69) is 11.7 Å². The number of halogens is 3. The van der Waals surface area contributed by atoms with Gasteiger partial charge in [-0.2, -0.15) is 5.10 Å². The summed E-state index contributed by atoms with van der Waals surface area (Å²) in [5.41, 5.74) is -0.543. The van der Waals surface area contributed by atoms with Gasteiger partial charge in [-0.3, -0.25) is 4.79 Å². The van der Waals surface area contributed by atoms with Gasteiger partial charge < -0.3 is 17.5 Å². The summed E-state index contributed by atoms with van der Waals surface area (Å²) in [5.74, 6) is 0. The molecular weight excluding hydrogens is 285 g/mol. The summed E-state index contributed by atoms with van der Waals surface area (Å²) in [6.07, 6.45) is 2.72. The second-order valence-electron chi connectivity index (χ2n) is 4.08. The fraction of sp³-hybridized carbons (Fsp3) is 0.200. The molecule has 19 heavy (non-hydrogen) atoms. The van der Waals surface area contributed by atoms with E-state index < -0.39 is 24.6 Å². The largest absolute Gasteiger partial charge is 1.00 e. The molecule has 0 atom stereocenters. The van der Waals surface area contributed by atoms with Gasteiger partial charge in [0.2, 0.25) is 0 Å². The van der Waals surface area contributed by atoms with Crippen LogP contribution in [0.3, 0.4) is 0 Å². The van der Waals surface area contributed by atoms with Crippen LogP contribution in [0.15, 0.2) is 35.3 Å². The van der Waals surface area contributed by atoms with Crippen molar-refractivity contribution in [2.24, 2.45) is 0 Å². The predicted molar refractivity (Wildman–Crippen MR) is 62.4 cm³/mol. The topological polar surface area (TPSA) is 39.3 Å². The monoisotopic (exact) mass is 295 g/mol. The van der Waals surface area contributed by atoms with Crippen LogP contribution >= 0.6 is 0 Å². The molecule has 96 valence electrons. The molecule has 0 saturated carbocycles. The van der Waals surface area contributed by atoms with E-state index in [1.807, 2.05) is 0 Å². The van der Waals surface area contributed by atoms with Crippen LogP contribution in [0.2, 0.25) is 0 Å². The first-order valence-corrected chi connectivity index (χ1v) is 5.22.